The number of carbonyl (C=O) groups is 1. The van der Waals surface area contributed by atoms with Crippen LogP contribution < -0.4 is 19.5 Å². The maximum atomic E-state index is 12.8. The Hall–Kier alpha value is -3.47. The lowest BCUT2D eigenvalue weighted by molar-refractivity contribution is 0.101. The fraction of sp³-hybridized carbons (Fsp3) is 0.208. The molecule has 1 N–H and O–H groups in total. The first-order chi connectivity index (χ1) is 14.1. The minimum atomic E-state index is -0.233. The Morgan fingerprint density at radius 1 is 1.00 bits per heavy atom. The molecule has 0 saturated carbocycles. The van der Waals surface area contributed by atoms with E-state index < -0.39 is 0 Å². The van der Waals surface area contributed by atoms with E-state index in [0.29, 0.717) is 36.9 Å². The molecule has 3 aromatic rings. The molecule has 1 aliphatic heterocycles. The summed E-state index contributed by atoms with van der Waals surface area (Å²) in [6.07, 6.45) is 0. The second kappa shape index (κ2) is 8.27. The third kappa shape index (κ3) is 4.35. The standard InChI is InChI=1S/C24H23NO4/c1-16-5-3-6-18(13-16)15-29-19-9-10-21(17(2)14-19)25-24(26)20-7-4-8-22-23(20)28-12-11-27-22/h3-10,13-14H,11-12,15H2,1-2H3,(H,25,26). The van der Waals surface area contributed by atoms with Gasteiger partial charge in [-0.15, -0.1) is 0 Å². The zero-order valence-corrected chi connectivity index (χ0v) is 16.5. The average molecular weight is 389 g/mol. The van der Waals surface area contributed by atoms with E-state index in [1.807, 2.05) is 37.3 Å². The van der Waals surface area contributed by atoms with E-state index in [1.165, 1.54) is 5.56 Å². The van der Waals surface area contributed by atoms with Gasteiger partial charge in [-0.3, -0.25) is 4.79 Å². The number of aryl methyl sites for hydroxylation is 2. The average Bonchev–Trinajstić information content (AvgIpc) is 2.73. The number of benzene rings is 3. The van der Waals surface area contributed by atoms with Crippen molar-refractivity contribution >= 4 is 11.6 Å². The van der Waals surface area contributed by atoms with Crippen molar-refractivity contribution in [2.75, 3.05) is 18.5 Å². The molecule has 1 aliphatic rings. The van der Waals surface area contributed by atoms with Gasteiger partial charge in [-0.05, 0) is 55.3 Å². The Bertz CT molecular complexity index is 1040. The number of ether oxygens (including phenoxy) is 3. The van der Waals surface area contributed by atoms with Crippen molar-refractivity contribution in [2.24, 2.45) is 0 Å². The quantitative estimate of drug-likeness (QED) is 0.674. The summed E-state index contributed by atoms with van der Waals surface area (Å²) in [6.45, 7) is 5.42. The lowest BCUT2D eigenvalue weighted by atomic mass is 10.1. The fourth-order valence-electron chi connectivity index (χ4n) is 3.28. The van der Waals surface area contributed by atoms with E-state index >= 15 is 0 Å². The number of amides is 1. The SMILES string of the molecule is Cc1cccc(COc2ccc(NC(=O)c3cccc4c3OCCO4)c(C)c2)c1. The molecule has 0 aliphatic carbocycles. The first-order valence-corrected chi connectivity index (χ1v) is 9.59. The van der Waals surface area contributed by atoms with Crippen molar-refractivity contribution < 1.29 is 19.0 Å². The number of hydrogen-bond donors (Lipinski definition) is 1. The molecular formula is C24H23NO4. The Balaban J connectivity index is 1.45. The highest BCUT2D eigenvalue weighted by atomic mass is 16.6. The predicted molar refractivity (Wildman–Crippen MR) is 112 cm³/mol. The molecule has 0 unspecified atom stereocenters. The third-order valence-electron chi connectivity index (χ3n) is 4.74. The van der Waals surface area contributed by atoms with Crippen LogP contribution in [0.25, 0.3) is 0 Å². The molecule has 0 radical (unpaired) electrons. The van der Waals surface area contributed by atoms with Gasteiger partial charge in [0.2, 0.25) is 0 Å². The zero-order valence-electron chi connectivity index (χ0n) is 16.5. The lowest BCUT2D eigenvalue weighted by Gasteiger charge is -2.20. The largest absolute Gasteiger partial charge is 0.489 e. The van der Waals surface area contributed by atoms with E-state index in [2.05, 4.69) is 24.4 Å². The molecule has 5 heteroatoms. The van der Waals surface area contributed by atoms with Crippen molar-refractivity contribution in [2.45, 2.75) is 20.5 Å². The van der Waals surface area contributed by atoms with Crippen LogP contribution in [0.4, 0.5) is 5.69 Å². The van der Waals surface area contributed by atoms with Crippen molar-refractivity contribution in [3.63, 3.8) is 0 Å². The van der Waals surface area contributed by atoms with Crippen LogP contribution in [0.1, 0.15) is 27.0 Å². The number of anilines is 1. The zero-order chi connectivity index (χ0) is 20.2. The molecule has 4 rings (SSSR count). The van der Waals surface area contributed by atoms with Gasteiger partial charge < -0.3 is 19.5 Å². The van der Waals surface area contributed by atoms with Crippen molar-refractivity contribution in [3.05, 3.63) is 82.9 Å². The van der Waals surface area contributed by atoms with E-state index in [0.717, 1.165) is 22.6 Å². The minimum Gasteiger partial charge on any atom is -0.489 e. The van der Waals surface area contributed by atoms with E-state index in [9.17, 15) is 4.79 Å². The Morgan fingerprint density at radius 3 is 2.66 bits per heavy atom. The number of para-hydroxylation sites is 1. The summed E-state index contributed by atoms with van der Waals surface area (Å²) in [4.78, 5) is 12.8. The van der Waals surface area contributed by atoms with Gasteiger partial charge in [-0.1, -0.05) is 35.9 Å². The van der Waals surface area contributed by atoms with Gasteiger partial charge in [0.25, 0.3) is 5.91 Å². The number of nitrogens with one attached hydrogen (secondary N) is 1. The molecule has 0 bridgehead atoms. The van der Waals surface area contributed by atoms with E-state index in [1.54, 1.807) is 18.2 Å². The second-order valence-electron chi connectivity index (χ2n) is 7.04. The molecule has 0 saturated heterocycles. The van der Waals surface area contributed by atoms with Gasteiger partial charge in [0.1, 0.15) is 25.6 Å². The van der Waals surface area contributed by atoms with Crippen LogP contribution in [-0.2, 0) is 6.61 Å². The van der Waals surface area contributed by atoms with Gasteiger partial charge in [-0.25, -0.2) is 0 Å². The molecule has 0 fully saturated rings. The second-order valence-corrected chi connectivity index (χ2v) is 7.04. The molecule has 0 spiro atoms. The topological polar surface area (TPSA) is 56.8 Å². The highest BCUT2D eigenvalue weighted by molar-refractivity contribution is 6.07. The van der Waals surface area contributed by atoms with Crippen LogP contribution in [0.3, 0.4) is 0 Å². The number of fused-ring (bicyclic) bond motifs is 1. The van der Waals surface area contributed by atoms with Gasteiger partial charge in [-0.2, -0.15) is 0 Å². The summed E-state index contributed by atoms with van der Waals surface area (Å²) in [7, 11) is 0. The van der Waals surface area contributed by atoms with Crippen LogP contribution >= 0.6 is 0 Å². The molecule has 0 aromatic heterocycles. The Labute approximate surface area is 170 Å². The molecule has 1 heterocycles. The van der Waals surface area contributed by atoms with Crippen LogP contribution in [-0.4, -0.2) is 19.1 Å². The molecule has 3 aromatic carbocycles. The summed E-state index contributed by atoms with van der Waals surface area (Å²) in [5.74, 6) is 1.62. The summed E-state index contributed by atoms with van der Waals surface area (Å²) in [5, 5.41) is 2.96. The van der Waals surface area contributed by atoms with Gasteiger partial charge in [0, 0.05) is 5.69 Å². The molecule has 1 amide bonds. The third-order valence-corrected chi connectivity index (χ3v) is 4.74. The number of carbonyl (C=O) groups excluding carboxylic acids is 1. The lowest BCUT2D eigenvalue weighted by Crippen LogP contribution is -2.20. The van der Waals surface area contributed by atoms with Crippen molar-refractivity contribution in [1.82, 2.24) is 0 Å². The normalized spacial score (nSPS) is 12.3. The smallest absolute Gasteiger partial charge is 0.259 e. The maximum Gasteiger partial charge on any atom is 0.259 e. The first kappa shape index (κ1) is 18.9. The molecule has 148 valence electrons. The van der Waals surface area contributed by atoms with Crippen molar-refractivity contribution in [1.29, 1.82) is 0 Å². The fourth-order valence-corrected chi connectivity index (χ4v) is 3.28. The number of hydrogen-bond acceptors (Lipinski definition) is 4. The van der Waals surface area contributed by atoms with Gasteiger partial charge >= 0.3 is 0 Å². The highest BCUT2D eigenvalue weighted by Gasteiger charge is 2.20. The van der Waals surface area contributed by atoms with Gasteiger partial charge in [0.15, 0.2) is 11.5 Å². The first-order valence-electron chi connectivity index (χ1n) is 9.59. The molecule has 0 atom stereocenters. The van der Waals surface area contributed by atoms with Crippen LogP contribution in [0.5, 0.6) is 17.2 Å². The molecule has 29 heavy (non-hydrogen) atoms. The van der Waals surface area contributed by atoms with E-state index in [-0.39, 0.29) is 5.91 Å². The monoisotopic (exact) mass is 389 g/mol. The Kier molecular flexibility index (Phi) is 5.38. The van der Waals surface area contributed by atoms with Crippen LogP contribution in [0, 0.1) is 13.8 Å². The summed E-state index contributed by atoms with van der Waals surface area (Å²) < 4.78 is 17.1. The summed E-state index contributed by atoms with van der Waals surface area (Å²) in [5.41, 5.74) is 4.43. The van der Waals surface area contributed by atoms with E-state index in [4.69, 9.17) is 14.2 Å². The van der Waals surface area contributed by atoms with Crippen molar-refractivity contribution in [3.8, 4) is 17.2 Å². The molecule has 5 nitrogen and oxygen atoms in total. The van der Waals surface area contributed by atoms with Crippen LogP contribution in [0.15, 0.2) is 60.7 Å². The highest BCUT2D eigenvalue weighted by Crippen LogP contribution is 2.34. The Morgan fingerprint density at radius 2 is 1.83 bits per heavy atom. The summed E-state index contributed by atoms with van der Waals surface area (Å²) in [6, 6.07) is 19.2. The van der Waals surface area contributed by atoms with Gasteiger partial charge in [0.05, 0.1) is 5.56 Å². The minimum absolute atomic E-state index is 0.233. The molecular weight excluding hydrogens is 366 g/mol. The van der Waals surface area contributed by atoms with Crippen LogP contribution in [0.2, 0.25) is 0 Å². The predicted octanol–water partition coefficient (Wildman–Crippen LogP) is 4.91. The maximum absolute atomic E-state index is 12.8. The number of rotatable bonds is 5. The summed E-state index contributed by atoms with van der Waals surface area (Å²) >= 11 is 0.